The second-order valence-corrected chi connectivity index (χ2v) is 6.04. The van der Waals surface area contributed by atoms with Crippen LogP contribution in [0.3, 0.4) is 0 Å². The molecular weight excluding hydrogens is 274 g/mol. The zero-order chi connectivity index (χ0) is 15.2. The quantitative estimate of drug-likeness (QED) is 0.902. The van der Waals surface area contributed by atoms with Crippen LogP contribution in [0, 0.1) is 0 Å². The summed E-state index contributed by atoms with van der Waals surface area (Å²) in [4.78, 5) is 12.6. The van der Waals surface area contributed by atoms with E-state index in [1.807, 2.05) is 30.3 Å². The molecule has 1 aromatic carbocycles. The zero-order valence-corrected chi connectivity index (χ0v) is 12.8. The van der Waals surface area contributed by atoms with Crippen molar-refractivity contribution in [1.82, 2.24) is 15.5 Å². The van der Waals surface area contributed by atoms with Crippen molar-refractivity contribution in [2.24, 2.45) is 0 Å². The molecule has 0 unspecified atom stereocenters. The van der Waals surface area contributed by atoms with Crippen LogP contribution >= 0.6 is 0 Å². The molecule has 1 aromatic heterocycles. The molecule has 1 aliphatic rings. The number of aromatic nitrogens is 2. The first-order valence-corrected chi connectivity index (χ1v) is 8.24. The Hall–Kier alpha value is -2.10. The summed E-state index contributed by atoms with van der Waals surface area (Å²) in [6.07, 6.45) is 10.1. The monoisotopic (exact) mass is 297 g/mol. The highest BCUT2D eigenvalue weighted by Gasteiger charge is 2.19. The largest absolute Gasteiger partial charge is 0.349 e. The Bertz CT molecular complexity index is 598. The Morgan fingerprint density at radius 2 is 1.73 bits per heavy atom. The molecule has 2 N–H and O–H groups in total. The normalized spacial score (nSPS) is 16.7. The predicted molar refractivity (Wildman–Crippen MR) is 87.6 cm³/mol. The summed E-state index contributed by atoms with van der Waals surface area (Å²) >= 11 is 0. The molecule has 0 radical (unpaired) electrons. The van der Waals surface area contributed by atoms with Gasteiger partial charge in [0, 0.05) is 11.6 Å². The number of nitrogens with one attached hydrogen (secondary N) is 2. The van der Waals surface area contributed by atoms with Crippen molar-refractivity contribution < 1.29 is 4.79 Å². The van der Waals surface area contributed by atoms with Gasteiger partial charge in [-0.3, -0.25) is 9.89 Å². The van der Waals surface area contributed by atoms with Crippen molar-refractivity contribution in [2.75, 3.05) is 0 Å². The van der Waals surface area contributed by atoms with Gasteiger partial charge >= 0.3 is 0 Å². The van der Waals surface area contributed by atoms with E-state index in [0.29, 0.717) is 11.6 Å². The summed E-state index contributed by atoms with van der Waals surface area (Å²) in [5.41, 5.74) is 2.42. The van der Waals surface area contributed by atoms with E-state index >= 15 is 0 Å². The van der Waals surface area contributed by atoms with Gasteiger partial charge in [-0.15, -0.1) is 0 Å². The SMILES string of the molecule is O=C(NC1CCCCCCC1)c1cn[nH]c1-c1ccccc1. The summed E-state index contributed by atoms with van der Waals surface area (Å²) < 4.78 is 0. The molecule has 0 aliphatic heterocycles. The molecule has 3 rings (SSSR count). The van der Waals surface area contributed by atoms with Gasteiger partial charge in [0.25, 0.3) is 5.91 Å². The Morgan fingerprint density at radius 3 is 2.45 bits per heavy atom. The Morgan fingerprint density at radius 1 is 1.05 bits per heavy atom. The third kappa shape index (κ3) is 3.56. The minimum atomic E-state index is -0.0156. The fourth-order valence-corrected chi connectivity index (χ4v) is 3.15. The van der Waals surface area contributed by atoms with E-state index in [2.05, 4.69) is 15.5 Å². The lowest BCUT2D eigenvalue weighted by Crippen LogP contribution is -2.35. The third-order valence-corrected chi connectivity index (χ3v) is 4.39. The molecule has 4 nitrogen and oxygen atoms in total. The second kappa shape index (κ2) is 7.25. The molecule has 22 heavy (non-hydrogen) atoms. The second-order valence-electron chi connectivity index (χ2n) is 6.04. The lowest BCUT2D eigenvalue weighted by Gasteiger charge is -2.21. The Balaban J connectivity index is 1.71. The van der Waals surface area contributed by atoms with Gasteiger partial charge < -0.3 is 5.32 Å². The van der Waals surface area contributed by atoms with Gasteiger partial charge in [0.15, 0.2) is 0 Å². The molecule has 0 bridgehead atoms. The van der Waals surface area contributed by atoms with Gasteiger partial charge in [-0.1, -0.05) is 62.4 Å². The molecule has 1 saturated carbocycles. The van der Waals surface area contributed by atoms with Gasteiger partial charge in [-0.2, -0.15) is 5.10 Å². The number of carbonyl (C=O) groups excluding carboxylic acids is 1. The highest BCUT2D eigenvalue weighted by atomic mass is 16.1. The predicted octanol–water partition coefficient (Wildman–Crippen LogP) is 3.92. The molecule has 0 spiro atoms. The van der Waals surface area contributed by atoms with Crippen molar-refractivity contribution in [3.05, 3.63) is 42.1 Å². The smallest absolute Gasteiger partial charge is 0.255 e. The Labute approximate surface area is 131 Å². The van der Waals surface area contributed by atoms with Crippen LogP contribution in [0.1, 0.15) is 55.3 Å². The zero-order valence-electron chi connectivity index (χ0n) is 12.8. The molecule has 1 aliphatic carbocycles. The molecule has 2 aromatic rings. The number of rotatable bonds is 3. The molecule has 1 heterocycles. The molecule has 1 fully saturated rings. The fourth-order valence-electron chi connectivity index (χ4n) is 3.15. The van der Waals surface area contributed by atoms with Crippen LogP contribution in [0.5, 0.6) is 0 Å². The number of hydrogen-bond acceptors (Lipinski definition) is 2. The Kier molecular flexibility index (Phi) is 4.88. The lowest BCUT2D eigenvalue weighted by molar-refractivity contribution is 0.0931. The standard InChI is InChI=1S/C18H23N3O/c22-18(20-15-11-7-2-1-3-8-12-15)16-13-19-21-17(16)14-9-5-4-6-10-14/h4-6,9-10,13,15H,1-3,7-8,11-12H2,(H,19,21)(H,20,22). The number of nitrogens with zero attached hydrogens (tertiary/aromatic N) is 1. The summed E-state index contributed by atoms with van der Waals surface area (Å²) in [5, 5.41) is 10.2. The first kappa shape index (κ1) is 14.8. The first-order chi connectivity index (χ1) is 10.8. The molecular formula is C18H23N3O. The number of benzene rings is 1. The summed E-state index contributed by atoms with van der Waals surface area (Å²) in [5.74, 6) is -0.0156. The van der Waals surface area contributed by atoms with E-state index < -0.39 is 0 Å². The van der Waals surface area contributed by atoms with Crippen LogP contribution in [0.4, 0.5) is 0 Å². The maximum atomic E-state index is 12.6. The highest BCUT2D eigenvalue weighted by Crippen LogP contribution is 2.22. The van der Waals surface area contributed by atoms with E-state index in [0.717, 1.165) is 24.1 Å². The third-order valence-electron chi connectivity index (χ3n) is 4.39. The van der Waals surface area contributed by atoms with Crippen LogP contribution in [0.25, 0.3) is 11.3 Å². The van der Waals surface area contributed by atoms with Crippen molar-refractivity contribution in [3.63, 3.8) is 0 Å². The van der Waals surface area contributed by atoms with E-state index in [-0.39, 0.29) is 5.91 Å². The van der Waals surface area contributed by atoms with E-state index in [1.54, 1.807) is 6.20 Å². The lowest BCUT2D eigenvalue weighted by atomic mass is 9.96. The van der Waals surface area contributed by atoms with Crippen molar-refractivity contribution in [1.29, 1.82) is 0 Å². The number of amides is 1. The van der Waals surface area contributed by atoms with Gasteiger partial charge in [-0.25, -0.2) is 0 Å². The molecule has 0 saturated heterocycles. The van der Waals surface area contributed by atoms with E-state index in [4.69, 9.17) is 0 Å². The molecule has 4 heteroatoms. The van der Waals surface area contributed by atoms with Gasteiger partial charge in [0.2, 0.25) is 0 Å². The maximum absolute atomic E-state index is 12.6. The summed E-state index contributed by atoms with van der Waals surface area (Å²) in [6, 6.07) is 10.2. The van der Waals surface area contributed by atoms with Crippen molar-refractivity contribution in [2.45, 2.75) is 51.0 Å². The fraction of sp³-hybridized carbons (Fsp3) is 0.444. The average molecular weight is 297 g/mol. The number of hydrogen-bond donors (Lipinski definition) is 2. The van der Waals surface area contributed by atoms with Crippen LogP contribution in [0.2, 0.25) is 0 Å². The highest BCUT2D eigenvalue weighted by molar-refractivity contribution is 5.99. The van der Waals surface area contributed by atoms with E-state index in [1.165, 1.54) is 32.1 Å². The van der Waals surface area contributed by atoms with Gasteiger partial charge in [0.05, 0.1) is 17.5 Å². The molecule has 116 valence electrons. The number of aromatic amines is 1. The molecule has 0 atom stereocenters. The van der Waals surface area contributed by atoms with Crippen LogP contribution in [0.15, 0.2) is 36.5 Å². The maximum Gasteiger partial charge on any atom is 0.255 e. The summed E-state index contributed by atoms with van der Waals surface area (Å²) in [6.45, 7) is 0. The number of carbonyl (C=O) groups is 1. The minimum absolute atomic E-state index is 0.0156. The first-order valence-electron chi connectivity index (χ1n) is 8.24. The van der Waals surface area contributed by atoms with Gasteiger partial charge in [-0.05, 0) is 12.8 Å². The average Bonchev–Trinajstić information content (AvgIpc) is 3.00. The summed E-state index contributed by atoms with van der Waals surface area (Å²) in [7, 11) is 0. The van der Waals surface area contributed by atoms with Crippen molar-refractivity contribution in [3.8, 4) is 11.3 Å². The van der Waals surface area contributed by atoms with Gasteiger partial charge in [0.1, 0.15) is 0 Å². The van der Waals surface area contributed by atoms with E-state index in [9.17, 15) is 4.79 Å². The number of H-pyrrole nitrogens is 1. The van der Waals surface area contributed by atoms with Crippen LogP contribution in [-0.4, -0.2) is 22.1 Å². The topological polar surface area (TPSA) is 57.8 Å². The van der Waals surface area contributed by atoms with Crippen LogP contribution in [-0.2, 0) is 0 Å². The minimum Gasteiger partial charge on any atom is -0.349 e. The molecule has 1 amide bonds. The van der Waals surface area contributed by atoms with Crippen molar-refractivity contribution >= 4 is 5.91 Å². The van der Waals surface area contributed by atoms with Crippen LogP contribution < -0.4 is 5.32 Å².